The maximum Gasteiger partial charge on any atom is 0.248 e. The van der Waals surface area contributed by atoms with E-state index in [9.17, 15) is 9.59 Å². The third-order valence-corrected chi connectivity index (χ3v) is 5.52. The highest BCUT2D eigenvalue weighted by Crippen LogP contribution is 2.23. The number of carbonyl (C=O) groups excluding carboxylic acids is 2. The lowest BCUT2D eigenvalue weighted by molar-refractivity contribution is -0.133. The minimum Gasteiger partial charge on any atom is -0.366 e. The summed E-state index contributed by atoms with van der Waals surface area (Å²) in [6, 6.07) is 10.8. The molecule has 166 valence electrons. The number of hydrogen-bond acceptors (Lipinski definition) is 7. The van der Waals surface area contributed by atoms with Gasteiger partial charge in [-0.05, 0) is 44.2 Å². The SMILES string of the molecule is CC(=O)N1C(C)CN(c2cc(-n3cnc(Nc4ccc(C(N)=O)cc4)n3)ccn2)CC1C. The van der Waals surface area contributed by atoms with Crippen LogP contribution in [0.1, 0.15) is 31.1 Å². The Hall–Kier alpha value is -3.95. The van der Waals surface area contributed by atoms with Gasteiger partial charge in [0.05, 0.1) is 5.69 Å². The number of nitrogens with two attached hydrogens (primary N) is 1. The fourth-order valence-electron chi connectivity index (χ4n) is 4.15. The Morgan fingerprint density at radius 2 is 1.75 bits per heavy atom. The maximum absolute atomic E-state index is 11.9. The molecule has 4 rings (SSSR count). The average molecular weight is 435 g/mol. The number of anilines is 3. The van der Waals surface area contributed by atoms with Crippen LogP contribution in [0.2, 0.25) is 0 Å². The summed E-state index contributed by atoms with van der Waals surface area (Å²) in [4.78, 5) is 36.1. The summed E-state index contributed by atoms with van der Waals surface area (Å²) in [6.07, 6.45) is 3.37. The van der Waals surface area contributed by atoms with Gasteiger partial charge in [0.2, 0.25) is 17.8 Å². The zero-order chi connectivity index (χ0) is 22.8. The van der Waals surface area contributed by atoms with Gasteiger partial charge in [0, 0.05) is 55.6 Å². The van der Waals surface area contributed by atoms with E-state index in [0.717, 1.165) is 17.2 Å². The first-order valence-electron chi connectivity index (χ1n) is 10.4. The molecule has 0 saturated carbocycles. The molecule has 1 aliphatic heterocycles. The number of benzene rings is 1. The molecule has 3 heterocycles. The number of carbonyl (C=O) groups is 2. The van der Waals surface area contributed by atoms with E-state index in [4.69, 9.17) is 5.73 Å². The summed E-state index contributed by atoms with van der Waals surface area (Å²) in [6.45, 7) is 7.15. The first-order chi connectivity index (χ1) is 15.3. The number of piperazine rings is 1. The van der Waals surface area contributed by atoms with Gasteiger partial charge in [-0.2, -0.15) is 4.98 Å². The zero-order valence-electron chi connectivity index (χ0n) is 18.3. The molecule has 0 radical (unpaired) electrons. The maximum atomic E-state index is 11.9. The van der Waals surface area contributed by atoms with Gasteiger partial charge in [-0.3, -0.25) is 9.59 Å². The van der Waals surface area contributed by atoms with Gasteiger partial charge >= 0.3 is 0 Å². The molecular weight excluding hydrogens is 408 g/mol. The largest absolute Gasteiger partial charge is 0.366 e. The van der Waals surface area contributed by atoms with Crippen LogP contribution < -0.4 is 16.0 Å². The van der Waals surface area contributed by atoms with Crippen LogP contribution in [0.5, 0.6) is 0 Å². The fraction of sp³-hybridized carbons (Fsp3) is 0.318. The van der Waals surface area contributed by atoms with Gasteiger partial charge in [0.25, 0.3) is 0 Å². The normalized spacial score (nSPS) is 18.5. The van der Waals surface area contributed by atoms with E-state index >= 15 is 0 Å². The van der Waals surface area contributed by atoms with E-state index < -0.39 is 5.91 Å². The number of aromatic nitrogens is 4. The molecule has 1 aromatic carbocycles. The van der Waals surface area contributed by atoms with Crippen LogP contribution in [0.15, 0.2) is 48.9 Å². The molecule has 2 unspecified atom stereocenters. The third kappa shape index (κ3) is 4.39. The lowest BCUT2D eigenvalue weighted by Gasteiger charge is -2.44. The van der Waals surface area contributed by atoms with Gasteiger partial charge in [-0.1, -0.05) is 0 Å². The molecule has 2 atom stereocenters. The van der Waals surface area contributed by atoms with Crippen LogP contribution in [0.4, 0.5) is 17.5 Å². The van der Waals surface area contributed by atoms with Crippen molar-refractivity contribution in [2.24, 2.45) is 5.73 Å². The van der Waals surface area contributed by atoms with Gasteiger partial charge in [0.1, 0.15) is 12.1 Å². The van der Waals surface area contributed by atoms with Gasteiger partial charge in [-0.15, -0.1) is 5.10 Å². The summed E-state index contributed by atoms with van der Waals surface area (Å²) in [5.74, 6) is 0.876. The number of primary amides is 1. The Morgan fingerprint density at radius 3 is 2.38 bits per heavy atom. The van der Waals surface area contributed by atoms with Gasteiger partial charge < -0.3 is 20.9 Å². The first-order valence-corrected chi connectivity index (χ1v) is 10.4. The highest BCUT2D eigenvalue weighted by atomic mass is 16.2. The summed E-state index contributed by atoms with van der Waals surface area (Å²) in [5, 5.41) is 7.59. The fourth-order valence-corrected chi connectivity index (χ4v) is 4.15. The molecule has 32 heavy (non-hydrogen) atoms. The van der Waals surface area contributed by atoms with E-state index in [2.05, 4.69) is 39.1 Å². The van der Waals surface area contributed by atoms with Crippen LogP contribution in [0.3, 0.4) is 0 Å². The third-order valence-electron chi connectivity index (χ3n) is 5.52. The minimum absolute atomic E-state index is 0.0956. The second-order valence-corrected chi connectivity index (χ2v) is 7.98. The van der Waals surface area contributed by atoms with Crippen LogP contribution >= 0.6 is 0 Å². The molecule has 0 spiro atoms. The minimum atomic E-state index is -0.473. The Labute approximate surface area is 186 Å². The standard InChI is InChI=1S/C22H26N8O2/c1-14-11-28(12-15(2)30(14)16(3)31)20-10-19(8-9-24-20)29-13-25-22(27-29)26-18-6-4-17(5-7-18)21(23)32/h4-10,13-15H,11-12H2,1-3H3,(H2,23,32)(H,26,27). The van der Waals surface area contributed by atoms with Crippen molar-refractivity contribution in [3.63, 3.8) is 0 Å². The van der Waals surface area contributed by atoms with Gasteiger partial charge in [-0.25, -0.2) is 9.67 Å². The molecule has 3 N–H and O–H groups in total. The monoisotopic (exact) mass is 434 g/mol. The number of hydrogen-bond donors (Lipinski definition) is 2. The lowest BCUT2D eigenvalue weighted by Crippen LogP contribution is -2.58. The van der Waals surface area contributed by atoms with E-state index in [1.165, 1.54) is 0 Å². The summed E-state index contributed by atoms with van der Waals surface area (Å²) in [5.41, 5.74) is 7.28. The first kappa shape index (κ1) is 21.3. The van der Waals surface area contributed by atoms with Crippen LogP contribution in [0.25, 0.3) is 5.69 Å². The Bertz CT molecular complexity index is 1110. The van der Waals surface area contributed by atoms with Crippen LogP contribution in [0, 0.1) is 0 Å². The molecule has 1 fully saturated rings. The summed E-state index contributed by atoms with van der Waals surface area (Å²) < 4.78 is 1.67. The predicted octanol–water partition coefficient (Wildman–Crippen LogP) is 1.95. The predicted molar refractivity (Wildman–Crippen MR) is 121 cm³/mol. The zero-order valence-corrected chi connectivity index (χ0v) is 18.3. The number of nitrogens with one attached hydrogen (secondary N) is 1. The summed E-state index contributed by atoms with van der Waals surface area (Å²) in [7, 11) is 0. The van der Waals surface area contributed by atoms with Crippen molar-refractivity contribution in [1.29, 1.82) is 0 Å². The second kappa shape index (κ2) is 8.66. The smallest absolute Gasteiger partial charge is 0.248 e. The van der Waals surface area contributed by atoms with Crippen molar-refractivity contribution in [2.45, 2.75) is 32.9 Å². The second-order valence-electron chi connectivity index (χ2n) is 7.98. The molecule has 2 amide bonds. The Balaban J connectivity index is 1.49. The highest BCUT2D eigenvalue weighted by Gasteiger charge is 2.31. The molecule has 1 aliphatic rings. The molecule has 1 saturated heterocycles. The Kier molecular flexibility index (Phi) is 5.76. The molecule has 0 aliphatic carbocycles. The Morgan fingerprint density at radius 1 is 1.06 bits per heavy atom. The number of pyridine rings is 1. The van der Waals surface area contributed by atoms with Crippen molar-refractivity contribution >= 4 is 29.3 Å². The van der Waals surface area contributed by atoms with E-state index in [1.54, 1.807) is 48.4 Å². The van der Waals surface area contributed by atoms with Crippen LogP contribution in [-0.4, -0.2) is 61.6 Å². The van der Waals surface area contributed by atoms with Gasteiger partial charge in [0.15, 0.2) is 0 Å². The topological polar surface area (TPSA) is 122 Å². The number of nitrogens with zero attached hydrogens (tertiary/aromatic N) is 6. The van der Waals surface area contributed by atoms with E-state index in [-0.39, 0.29) is 18.0 Å². The number of amides is 2. The molecule has 0 bridgehead atoms. The lowest BCUT2D eigenvalue weighted by atomic mass is 10.1. The quantitative estimate of drug-likeness (QED) is 0.629. The summed E-state index contributed by atoms with van der Waals surface area (Å²) >= 11 is 0. The molecule has 10 nitrogen and oxygen atoms in total. The van der Waals surface area contributed by atoms with Crippen molar-refractivity contribution in [3.05, 3.63) is 54.5 Å². The van der Waals surface area contributed by atoms with E-state index in [1.807, 2.05) is 17.0 Å². The molecule has 3 aromatic rings. The van der Waals surface area contributed by atoms with Crippen molar-refractivity contribution in [3.8, 4) is 5.69 Å². The average Bonchev–Trinajstić information content (AvgIpc) is 3.22. The molecular formula is C22H26N8O2. The highest BCUT2D eigenvalue weighted by molar-refractivity contribution is 5.93. The molecule has 10 heteroatoms. The van der Waals surface area contributed by atoms with Crippen molar-refractivity contribution < 1.29 is 9.59 Å². The van der Waals surface area contributed by atoms with E-state index in [0.29, 0.717) is 24.6 Å². The molecule has 2 aromatic heterocycles. The van der Waals surface area contributed by atoms with Crippen molar-refractivity contribution in [1.82, 2.24) is 24.6 Å². The number of rotatable bonds is 5. The van der Waals surface area contributed by atoms with Crippen molar-refractivity contribution in [2.75, 3.05) is 23.3 Å². The van der Waals surface area contributed by atoms with Crippen LogP contribution in [-0.2, 0) is 4.79 Å².